The number of piperazine rings is 1. The van der Waals surface area contributed by atoms with Gasteiger partial charge in [-0.1, -0.05) is 0 Å². The Morgan fingerprint density at radius 1 is 1.08 bits per heavy atom. The van der Waals surface area contributed by atoms with Gasteiger partial charge in [-0.2, -0.15) is 4.31 Å². The molecular weight excluding hydrogens is 352 g/mol. The van der Waals surface area contributed by atoms with E-state index in [4.69, 9.17) is 0 Å². The molecule has 3 rings (SSSR count). The average molecular weight is 373 g/mol. The average Bonchev–Trinajstić information content (AvgIpc) is 2.61. The summed E-state index contributed by atoms with van der Waals surface area (Å²) in [4.78, 5) is 13.6. The fraction of sp³-hybridized carbons (Fsp3) is 0.562. The number of hydrogen-bond acceptors (Lipinski definition) is 4. The first-order valence-corrected chi connectivity index (χ1v) is 9.78. The summed E-state index contributed by atoms with van der Waals surface area (Å²) < 4.78 is 53.1. The number of nitrogens with one attached hydrogen (secondary N) is 1. The number of carbonyl (C=O) groups is 1. The minimum Gasteiger partial charge on any atom is -0.340 e. The summed E-state index contributed by atoms with van der Waals surface area (Å²) in [5.41, 5.74) is 0. The number of rotatable bonds is 3. The standard InChI is InChI=1S/C16H21F2N3O3S/c17-13-1-2-15(14(18)11-13)25(23,24)21-9-7-20(8-10-21)16(22)12-3-5-19-6-4-12/h1-2,11-12,19H,3-10H2. The highest BCUT2D eigenvalue weighted by atomic mass is 32.2. The Morgan fingerprint density at radius 3 is 2.32 bits per heavy atom. The van der Waals surface area contributed by atoms with Crippen molar-refractivity contribution < 1.29 is 22.0 Å². The first-order chi connectivity index (χ1) is 11.9. The molecule has 1 N–H and O–H groups in total. The second-order valence-electron chi connectivity index (χ2n) is 6.33. The Labute approximate surface area is 145 Å². The highest BCUT2D eigenvalue weighted by molar-refractivity contribution is 7.89. The SMILES string of the molecule is O=C(C1CCNCC1)N1CCN(S(=O)(=O)c2ccc(F)cc2F)CC1. The van der Waals surface area contributed by atoms with Gasteiger partial charge in [0.2, 0.25) is 15.9 Å². The highest BCUT2D eigenvalue weighted by Gasteiger charge is 2.34. The fourth-order valence-corrected chi connectivity index (χ4v) is 4.77. The molecular formula is C16H21F2N3O3S. The summed E-state index contributed by atoms with van der Waals surface area (Å²) in [6.45, 7) is 2.41. The van der Waals surface area contributed by atoms with Gasteiger partial charge in [-0.15, -0.1) is 0 Å². The van der Waals surface area contributed by atoms with Crippen molar-refractivity contribution in [3.05, 3.63) is 29.8 Å². The molecule has 138 valence electrons. The lowest BCUT2D eigenvalue weighted by Crippen LogP contribution is -2.52. The van der Waals surface area contributed by atoms with Crippen molar-refractivity contribution in [2.45, 2.75) is 17.7 Å². The Bertz CT molecular complexity index is 743. The van der Waals surface area contributed by atoms with Gasteiger partial charge in [0.25, 0.3) is 0 Å². The Morgan fingerprint density at radius 2 is 1.72 bits per heavy atom. The molecule has 2 fully saturated rings. The number of halogens is 2. The summed E-state index contributed by atoms with van der Waals surface area (Å²) in [6.07, 6.45) is 1.58. The molecule has 1 amide bonds. The zero-order valence-corrected chi connectivity index (χ0v) is 14.6. The maximum Gasteiger partial charge on any atom is 0.246 e. The van der Waals surface area contributed by atoms with Crippen LogP contribution in [0, 0.1) is 17.6 Å². The number of benzene rings is 1. The maximum absolute atomic E-state index is 13.8. The lowest BCUT2D eigenvalue weighted by Gasteiger charge is -2.36. The first-order valence-electron chi connectivity index (χ1n) is 8.34. The van der Waals surface area contributed by atoms with E-state index in [0.717, 1.165) is 42.4 Å². The molecule has 1 aromatic carbocycles. The first kappa shape index (κ1) is 18.2. The van der Waals surface area contributed by atoms with Crippen molar-refractivity contribution in [3.63, 3.8) is 0 Å². The molecule has 0 spiro atoms. The second kappa shape index (κ2) is 7.35. The van der Waals surface area contributed by atoms with Gasteiger partial charge in [-0.25, -0.2) is 17.2 Å². The molecule has 0 saturated carbocycles. The van der Waals surface area contributed by atoms with Crippen molar-refractivity contribution in [2.75, 3.05) is 39.3 Å². The summed E-state index contributed by atoms with van der Waals surface area (Å²) in [5.74, 6) is -1.88. The fourth-order valence-electron chi connectivity index (χ4n) is 3.30. The molecule has 2 heterocycles. The highest BCUT2D eigenvalue weighted by Crippen LogP contribution is 2.23. The van der Waals surface area contributed by atoms with Crippen LogP contribution in [0.1, 0.15) is 12.8 Å². The molecule has 2 saturated heterocycles. The van der Waals surface area contributed by atoms with Crippen LogP contribution in [0.2, 0.25) is 0 Å². The Balaban J connectivity index is 1.66. The number of nitrogens with zero attached hydrogens (tertiary/aromatic N) is 2. The van der Waals surface area contributed by atoms with Crippen LogP contribution in [0.4, 0.5) is 8.78 Å². The zero-order valence-electron chi connectivity index (χ0n) is 13.7. The summed E-state index contributed by atoms with van der Waals surface area (Å²) in [7, 11) is -4.04. The second-order valence-corrected chi connectivity index (χ2v) is 8.23. The van der Waals surface area contributed by atoms with E-state index in [9.17, 15) is 22.0 Å². The maximum atomic E-state index is 13.8. The van der Waals surface area contributed by atoms with E-state index < -0.39 is 26.6 Å². The number of sulfonamides is 1. The molecule has 0 aliphatic carbocycles. The van der Waals surface area contributed by atoms with Crippen LogP contribution in [-0.4, -0.2) is 62.8 Å². The molecule has 9 heteroatoms. The largest absolute Gasteiger partial charge is 0.340 e. The van der Waals surface area contributed by atoms with E-state index in [1.807, 2.05) is 0 Å². The topological polar surface area (TPSA) is 69.7 Å². The zero-order chi connectivity index (χ0) is 18.0. The third kappa shape index (κ3) is 3.83. The molecule has 6 nitrogen and oxygen atoms in total. The third-order valence-electron chi connectivity index (χ3n) is 4.75. The molecule has 2 aliphatic heterocycles. The monoisotopic (exact) mass is 373 g/mol. The number of amides is 1. The van der Waals surface area contributed by atoms with Crippen LogP contribution in [0.5, 0.6) is 0 Å². The Kier molecular flexibility index (Phi) is 5.35. The normalized spacial score (nSPS) is 20.6. The molecule has 0 unspecified atom stereocenters. The van der Waals surface area contributed by atoms with Crippen LogP contribution < -0.4 is 5.32 Å². The van der Waals surface area contributed by atoms with Crippen LogP contribution >= 0.6 is 0 Å². The molecule has 25 heavy (non-hydrogen) atoms. The molecule has 0 aromatic heterocycles. The quantitative estimate of drug-likeness (QED) is 0.851. The van der Waals surface area contributed by atoms with E-state index >= 15 is 0 Å². The van der Waals surface area contributed by atoms with E-state index in [-0.39, 0.29) is 38.0 Å². The van der Waals surface area contributed by atoms with Gasteiger partial charge in [-0.3, -0.25) is 4.79 Å². The van der Waals surface area contributed by atoms with Gasteiger partial charge >= 0.3 is 0 Å². The van der Waals surface area contributed by atoms with Crippen LogP contribution in [0.3, 0.4) is 0 Å². The van der Waals surface area contributed by atoms with Gasteiger partial charge in [0.05, 0.1) is 0 Å². The van der Waals surface area contributed by atoms with Gasteiger partial charge in [0, 0.05) is 38.2 Å². The van der Waals surface area contributed by atoms with Crippen molar-refractivity contribution in [1.29, 1.82) is 0 Å². The number of hydrogen-bond donors (Lipinski definition) is 1. The van der Waals surface area contributed by atoms with Gasteiger partial charge in [0.15, 0.2) is 0 Å². The minimum absolute atomic E-state index is 0.0149. The van der Waals surface area contributed by atoms with Crippen LogP contribution in [0.15, 0.2) is 23.1 Å². The predicted octanol–water partition coefficient (Wildman–Crippen LogP) is 0.797. The van der Waals surface area contributed by atoms with Gasteiger partial charge < -0.3 is 10.2 Å². The summed E-state index contributed by atoms with van der Waals surface area (Å²) in [5, 5.41) is 3.21. The van der Waals surface area contributed by atoms with Crippen molar-refractivity contribution in [2.24, 2.45) is 5.92 Å². The van der Waals surface area contributed by atoms with Crippen molar-refractivity contribution in [1.82, 2.24) is 14.5 Å². The van der Waals surface area contributed by atoms with Gasteiger partial charge in [0.1, 0.15) is 16.5 Å². The summed E-state index contributed by atoms with van der Waals surface area (Å²) in [6, 6.07) is 2.42. The third-order valence-corrected chi connectivity index (χ3v) is 6.68. The van der Waals surface area contributed by atoms with Gasteiger partial charge in [-0.05, 0) is 38.1 Å². The van der Waals surface area contributed by atoms with Crippen molar-refractivity contribution >= 4 is 15.9 Å². The number of carbonyl (C=O) groups excluding carboxylic acids is 1. The number of piperidine rings is 1. The lowest BCUT2D eigenvalue weighted by molar-refractivity contribution is -0.137. The lowest BCUT2D eigenvalue weighted by atomic mass is 9.96. The molecule has 1 aromatic rings. The molecule has 0 radical (unpaired) electrons. The minimum atomic E-state index is -4.04. The molecule has 0 bridgehead atoms. The van der Waals surface area contributed by atoms with Crippen LogP contribution in [0.25, 0.3) is 0 Å². The predicted molar refractivity (Wildman–Crippen MR) is 87.3 cm³/mol. The van der Waals surface area contributed by atoms with Crippen molar-refractivity contribution in [3.8, 4) is 0 Å². The molecule has 2 aliphatic rings. The van der Waals surface area contributed by atoms with Crippen LogP contribution in [-0.2, 0) is 14.8 Å². The van der Waals surface area contributed by atoms with E-state index in [2.05, 4.69) is 5.32 Å². The van der Waals surface area contributed by atoms with E-state index in [1.165, 1.54) is 0 Å². The summed E-state index contributed by atoms with van der Waals surface area (Å²) >= 11 is 0. The smallest absolute Gasteiger partial charge is 0.246 e. The molecule has 0 atom stereocenters. The van der Waals surface area contributed by atoms with E-state index in [0.29, 0.717) is 6.07 Å². The van der Waals surface area contributed by atoms with E-state index in [1.54, 1.807) is 4.90 Å². The Hall–Kier alpha value is -1.58.